The number of aromatic nitrogens is 2. The van der Waals surface area contributed by atoms with Gasteiger partial charge < -0.3 is 9.72 Å². The predicted octanol–water partition coefficient (Wildman–Crippen LogP) is 3.82. The van der Waals surface area contributed by atoms with Gasteiger partial charge in [0.15, 0.2) is 0 Å². The number of thiophene rings is 1. The van der Waals surface area contributed by atoms with E-state index in [-0.39, 0.29) is 11.5 Å². The number of nitrogens with one attached hydrogen (secondary N) is 1. The minimum Gasteiger partial charge on any atom is -0.461 e. The van der Waals surface area contributed by atoms with E-state index in [2.05, 4.69) is 9.97 Å². The normalized spacial score (nSPS) is 11.2. The summed E-state index contributed by atoms with van der Waals surface area (Å²) in [6.45, 7) is 5.99. The number of aryl methyl sites for hydroxylation is 1. The van der Waals surface area contributed by atoms with Crippen molar-refractivity contribution < 1.29 is 9.53 Å². The number of carbonyl (C=O) groups is 1. The largest absolute Gasteiger partial charge is 0.461 e. The molecule has 6 heteroatoms. The summed E-state index contributed by atoms with van der Waals surface area (Å²) in [5, 5.41) is 0.476. The first-order chi connectivity index (χ1) is 12.0. The maximum absolute atomic E-state index is 12.4. The van der Waals surface area contributed by atoms with Crippen LogP contribution in [0.2, 0.25) is 0 Å². The summed E-state index contributed by atoms with van der Waals surface area (Å²) in [4.78, 5) is 33.0. The molecule has 0 saturated heterocycles. The Morgan fingerprint density at radius 2 is 2.00 bits per heavy atom. The van der Waals surface area contributed by atoms with Crippen LogP contribution < -0.4 is 5.56 Å². The number of rotatable bonds is 5. The molecule has 0 spiro atoms. The van der Waals surface area contributed by atoms with Crippen LogP contribution >= 0.6 is 11.3 Å². The molecule has 5 nitrogen and oxygen atoms in total. The number of carbonyl (C=O) groups excluding carboxylic acids is 1. The Hall–Kier alpha value is -2.47. The number of hydrogen-bond acceptors (Lipinski definition) is 5. The van der Waals surface area contributed by atoms with Gasteiger partial charge in [-0.3, -0.25) is 4.79 Å². The summed E-state index contributed by atoms with van der Waals surface area (Å²) in [7, 11) is 0. The van der Waals surface area contributed by atoms with Crippen LogP contribution in [0.1, 0.15) is 46.4 Å². The van der Waals surface area contributed by atoms with E-state index in [1.54, 1.807) is 6.92 Å². The first-order valence-electron chi connectivity index (χ1n) is 8.21. The van der Waals surface area contributed by atoms with E-state index in [0.29, 0.717) is 39.5 Å². The lowest BCUT2D eigenvalue weighted by Crippen LogP contribution is -2.12. The third kappa shape index (κ3) is 3.64. The minimum absolute atomic E-state index is 0.112. The molecule has 0 unspecified atom stereocenters. The van der Waals surface area contributed by atoms with Gasteiger partial charge in [-0.05, 0) is 18.1 Å². The van der Waals surface area contributed by atoms with E-state index < -0.39 is 5.97 Å². The summed E-state index contributed by atoms with van der Waals surface area (Å²) in [6.07, 6.45) is 0.660. The molecule has 25 heavy (non-hydrogen) atoms. The first-order valence-corrected chi connectivity index (χ1v) is 9.03. The Labute approximate surface area is 149 Å². The molecule has 0 radical (unpaired) electrons. The summed E-state index contributed by atoms with van der Waals surface area (Å²) >= 11 is 1.22. The number of benzene rings is 1. The number of hydrogen-bond donors (Lipinski definition) is 1. The van der Waals surface area contributed by atoms with Crippen molar-refractivity contribution in [2.24, 2.45) is 0 Å². The molecule has 2 heterocycles. The predicted molar refractivity (Wildman–Crippen MR) is 99.5 cm³/mol. The highest BCUT2D eigenvalue weighted by Gasteiger charge is 2.20. The lowest BCUT2D eigenvalue weighted by molar-refractivity contribution is 0.0514. The van der Waals surface area contributed by atoms with Crippen molar-refractivity contribution >= 4 is 27.5 Å². The van der Waals surface area contributed by atoms with Crippen LogP contribution in [0.5, 0.6) is 0 Å². The summed E-state index contributed by atoms with van der Waals surface area (Å²) < 4.78 is 5.39. The van der Waals surface area contributed by atoms with Crippen molar-refractivity contribution in [2.45, 2.75) is 33.1 Å². The molecule has 130 valence electrons. The van der Waals surface area contributed by atoms with E-state index >= 15 is 0 Å². The molecular weight excluding hydrogens is 336 g/mol. The quantitative estimate of drug-likeness (QED) is 0.706. The Bertz CT molecular complexity index is 958. The van der Waals surface area contributed by atoms with E-state index in [0.717, 1.165) is 5.56 Å². The highest BCUT2D eigenvalue weighted by Crippen LogP contribution is 2.28. The third-order valence-electron chi connectivity index (χ3n) is 4.02. The molecule has 1 aromatic carbocycles. The standard InChI is InChI=1S/C19H20N2O3S/c1-11(2)16-20-17(22)14-12(3)15(25-18(14)21-16)19(23)24-10-9-13-7-5-4-6-8-13/h4-8,11H,9-10H2,1-3H3,(H,20,21,22). The Morgan fingerprint density at radius 3 is 2.68 bits per heavy atom. The van der Waals surface area contributed by atoms with Crippen LogP contribution in [0, 0.1) is 6.92 Å². The third-order valence-corrected chi connectivity index (χ3v) is 5.18. The fourth-order valence-corrected chi connectivity index (χ4v) is 3.68. The van der Waals surface area contributed by atoms with Gasteiger partial charge in [0, 0.05) is 12.3 Å². The topological polar surface area (TPSA) is 72.0 Å². The second-order valence-electron chi connectivity index (χ2n) is 6.21. The van der Waals surface area contributed by atoms with Gasteiger partial charge in [0.05, 0.1) is 12.0 Å². The minimum atomic E-state index is -0.401. The van der Waals surface area contributed by atoms with Crippen molar-refractivity contribution in [3.05, 3.63) is 62.5 Å². The maximum Gasteiger partial charge on any atom is 0.348 e. The van der Waals surface area contributed by atoms with Crippen molar-refractivity contribution in [2.75, 3.05) is 6.61 Å². The molecule has 0 fully saturated rings. The van der Waals surface area contributed by atoms with E-state index in [1.807, 2.05) is 44.2 Å². The van der Waals surface area contributed by atoms with Gasteiger partial charge in [-0.15, -0.1) is 11.3 Å². The Morgan fingerprint density at radius 1 is 1.28 bits per heavy atom. The Balaban J connectivity index is 1.80. The molecule has 0 bridgehead atoms. The van der Waals surface area contributed by atoms with Gasteiger partial charge in [0.25, 0.3) is 5.56 Å². The van der Waals surface area contributed by atoms with Crippen LogP contribution in [-0.2, 0) is 11.2 Å². The van der Waals surface area contributed by atoms with E-state index in [9.17, 15) is 9.59 Å². The van der Waals surface area contributed by atoms with Crippen LogP contribution in [0.4, 0.5) is 0 Å². The fourth-order valence-electron chi connectivity index (χ4n) is 2.60. The molecule has 0 aliphatic rings. The summed E-state index contributed by atoms with van der Waals surface area (Å²) in [6, 6.07) is 9.85. The average molecular weight is 356 g/mol. The van der Waals surface area contributed by atoms with Crippen molar-refractivity contribution in [3.63, 3.8) is 0 Å². The van der Waals surface area contributed by atoms with Crippen LogP contribution in [-0.4, -0.2) is 22.5 Å². The molecule has 0 saturated carbocycles. The van der Waals surface area contributed by atoms with Gasteiger partial charge in [-0.2, -0.15) is 0 Å². The molecule has 1 N–H and O–H groups in total. The lowest BCUT2D eigenvalue weighted by Gasteiger charge is -2.04. The molecule has 0 atom stereocenters. The number of nitrogens with zero attached hydrogens (tertiary/aromatic N) is 1. The Kier molecular flexibility index (Phi) is 4.99. The van der Waals surface area contributed by atoms with Crippen LogP contribution in [0.25, 0.3) is 10.2 Å². The monoisotopic (exact) mass is 356 g/mol. The fraction of sp³-hybridized carbons (Fsp3) is 0.316. The van der Waals surface area contributed by atoms with Gasteiger partial charge in [-0.1, -0.05) is 44.2 Å². The SMILES string of the molecule is Cc1c(C(=O)OCCc2ccccc2)sc2nc(C(C)C)[nH]c(=O)c12. The van der Waals surface area contributed by atoms with Crippen molar-refractivity contribution in [1.29, 1.82) is 0 Å². The number of fused-ring (bicyclic) bond motifs is 1. The van der Waals surface area contributed by atoms with Gasteiger partial charge in [0.1, 0.15) is 15.5 Å². The van der Waals surface area contributed by atoms with Crippen molar-refractivity contribution in [3.8, 4) is 0 Å². The first kappa shape index (κ1) is 17.4. The zero-order valence-electron chi connectivity index (χ0n) is 14.5. The van der Waals surface area contributed by atoms with Crippen LogP contribution in [0.3, 0.4) is 0 Å². The van der Waals surface area contributed by atoms with Gasteiger partial charge in [0.2, 0.25) is 0 Å². The highest BCUT2D eigenvalue weighted by atomic mass is 32.1. The van der Waals surface area contributed by atoms with Crippen LogP contribution in [0.15, 0.2) is 35.1 Å². The molecule has 2 aromatic heterocycles. The molecule has 3 rings (SSSR count). The number of aromatic amines is 1. The summed E-state index contributed by atoms with van der Waals surface area (Å²) in [5.74, 6) is 0.338. The van der Waals surface area contributed by atoms with Gasteiger partial charge >= 0.3 is 5.97 Å². The number of ether oxygens (including phenoxy) is 1. The maximum atomic E-state index is 12.4. The average Bonchev–Trinajstić information content (AvgIpc) is 2.93. The highest BCUT2D eigenvalue weighted by molar-refractivity contribution is 7.20. The van der Waals surface area contributed by atoms with Gasteiger partial charge in [-0.25, -0.2) is 9.78 Å². The molecule has 3 aromatic rings. The van der Waals surface area contributed by atoms with Crippen molar-refractivity contribution in [1.82, 2.24) is 9.97 Å². The summed E-state index contributed by atoms with van der Waals surface area (Å²) in [5.41, 5.74) is 1.54. The second-order valence-corrected chi connectivity index (χ2v) is 7.21. The van der Waals surface area contributed by atoms with E-state index in [1.165, 1.54) is 11.3 Å². The molecule has 0 aliphatic carbocycles. The lowest BCUT2D eigenvalue weighted by atomic mass is 10.2. The molecule has 0 amide bonds. The number of H-pyrrole nitrogens is 1. The molecular formula is C19H20N2O3S. The number of esters is 1. The molecule has 0 aliphatic heterocycles. The van der Waals surface area contributed by atoms with E-state index in [4.69, 9.17) is 4.74 Å². The zero-order chi connectivity index (χ0) is 18.0. The second kappa shape index (κ2) is 7.19. The zero-order valence-corrected chi connectivity index (χ0v) is 15.3. The smallest absolute Gasteiger partial charge is 0.348 e.